The maximum absolute atomic E-state index is 12.2. The molecule has 0 spiro atoms. The van der Waals surface area contributed by atoms with Gasteiger partial charge in [-0.2, -0.15) is 5.26 Å². The summed E-state index contributed by atoms with van der Waals surface area (Å²) in [6.45, 7) is 0.0730. The van der Waals surface area contributed by atoms with Crippen LogP contribution < -0.4 is 4.90 Å². The summed E-state index contributed by atoms with van der Waals surface area (Å²) in [5.74, 6) is 1.56. The van der Waals surface area contributed by atoms with Crippen molar-refractivity contribution in [2.45, 2.75) is 5.92 Å². The predicted molar refractivity (Wildman–Crippen MR) is 71.1 cm³/mol. The van der Waals surface area contributed by atoms with E-state index in [2.05, 4.69) is 5.92 Å². The molecule has 1 amide bonds. The molecule has 0 radical (unpaired) electrons. The van der Waals surface area contributed by atoms with Crippen molar-refractivity contribution in [3.05, 3.63) is 41.7 Å². The summed E-state index contributed by atoms with van der Waals surface area (Å²) in [6.07, 6.45) is 6.35. The fourth-order valence-corrected chi connectivity index (χ4v) is 2.12. The van der Waals surface area contributed by atoms with Crippen molar-refractivity contribution in [1.82, 2.24) is 0 Å². The zero-order valence-electron chi connectivity index (χ0n) is 10.5. The van der Waals surface area contributed by atoms with Crippen molar-refractivity contribution in [2.24, 2.45) is 0 Å². The maximum Gasteiger partial charge on any atom is 0.239 e. The Hall–Kier alpha value is -2.72. The highest BCUT2D eigenvalue weighted by Crippen LogP contribution is 2.39. The first-order chi connectivity index (χ1) is 9.20. The molecule has 0 N–H and O–H groups in total. The highest BCUT2D eigenvalue weighted by atomic mass is 16.5. The first-order valence-corrected chi connectivity index (χ1v) is 5.72. The van der Waals surface area contributed by atoms with E-state index in [0.29, 0.717) is 0 Å². The molecule has 19 heavy (non-hydrogen) atoms. The number of nitrogens with zero attached hydrogens (tertiary/aromatic N) is 2. The molecule has 1 atom stereocenters. The number of para-hydroxylation sites is 1. The van der Waals surface area contributed by atoms with Gasteiger partial charge in [0.15, 0.2) is 0 Å². The minimum Gasteiger partial charge on any atom is -0.487 e. The van der Waals surface area contributed by atoms with Gasteiger partial charge in [0, 0.05) is 12.7 Å². The summed E-state index contributed by atoms with van der Waals surface area (Å²) >= 11 is 0. The number of carbonyl (C=O) groups is 1. The van der Waals surface area contributed by atoms with Gasteiger partial charge in [-0.1, -0.05) is 24.1 Å². The predicted octanol–water partition coefficient (Wildman–Crippen LogP) is 1.80. The molecule has 1 aromatic rings. The molecule has 1 unspecified atom stereocenters. The Morgan fingerprint density at radius 3 is 3.00 bits per heavy atom. The lowest BCUT2D eigenvalue weighted by atomic mass is 9.94. The number of rotatable bonds is 3. The van der Waals surface area contributed by atoms with Crippen molar-refractivity contribution < 1.29 is 9.53 Å². The van der Waals surface area contributed by atoms with Crippen molar-refractivity contribution in [2.75, 3.05) is 18.6 Å². The molecule has 1 aromatic carbocycles. The number of amides is 1. The fourth-order valence-electron chi connectivity index (χ4n) is 2.12. The van der Waals surface area contributed by atoms with Gasteiger partial charge < -0.3 is 9.64 Å². The van der Waals surface area contributed by atoms with Gasteiger partial charge in [0.05, 0.1) is 17.9 Å². The van der Waals surface area contributed by atoms with Crippen LogP contribution in [0.25, 0.3) is 0 Å². The number of nitriles is 1. The average molecular weight is 252 g/mol. The van der Waals surface area contributed by atoms with Gasteiger partial charge in [-0.15, -0.1) is 6.42 Å². The first-order valence-electron chi connectivity index (χ1n) is 5.72. The van der Waals surface area contributed by atoms with Gasteiger partial charge in [-0.25, -0.2) is 0 Å². The van der Waals surface area contributed by atoms with Crippen LogP contribution in [0.1, 0.15) is 11.5 Å². The van der Waals surface area contributed by atoms with Crippen LogP contribution in [0, 0.1) is 23.7 Å². The van der Waals surface area contributed by atoms with E-state index in [-0.39, 0.29) is 18.1 Å². The third-order valence-corrected chi connectivity index (χ3v) is 3.00. The molecular weight excluding hydrogens is 240 g/mol. The molecular formula is C15H12N2O2. The number of fused-ring (bicyclic) bond motifs is 1. The Bertz CT molecular complexity index is 620. The van der Waals surface area contributed by atoms with E-state index in [9.17, 15) is 10.1 Å². The van der Waals surface area contributed by atoms with E-state index in [4.69, 9.17) is 11.2 Å². The third-order valence-electron chi connectivity index (χ3n) is 3.00. The van der Waals surface area contributed by atoms with E-state index in [1.54, 1.807) is 11.9 Å². The topological polar surface area (TPSA) is 53.3 Å². The largest absolute Gasteiger partial charge is 0.487 e. The Balaban J connectivity index is 2.40. The molecule has 0 bridgehead atoms. The lowest BCUT2D eigenvalue weighted by Gasteiger charge is -2.10. The van der Waals surface area contributed by atoms with Crippen molar-refractivity contribution in [1.29, 1.82) is 5.26 Å². The van der Waals surface area contributed by atoms with E-state index < -0.39 is 5.92 Å². The summed E-state index contributed by atoms with van der Waals surface area (Å²) in [4.78, 5) is 13.8. The normalized spacial score (nSPS) is 17.6. The fraction of sp³-hybridized carbons (Fsp3) is 0.200. The minimum atomic E-state index is -0.607. The second-order valence-corrected chi connectivity index (χ2v) is 4.09. The number of benzene rings is 1. The van der Waals surface area contributed by atoms with Gasteiger partial charge in [-0.3, -0.25) is 4.79 Å². The standard InChI is InChI=1S/C15H12N2O2/c1-3-8-19-10-11(9-16)14-12-6-4-5-7-13(12)17(2)15(14)18/h1,4-7,10,14H,8H2,2H3/b11-10-. The molecule has 94 valence electrons. The van der Waals surface area contributed by atoms with E-state index in [1.165, 1.54) is 6.26 Å². The van der Waals surface area contributed by atoms with Crippen LogP contribution in [-0.4, -0.2) is 19.6 Å². The molecule has 0 fully saturated rings. The summed E-state index contributed by atoms with van der Waals surface area (Å²) < 4.78 is 5.06. The third kappa shape index (κ3) is 2.17. The van der Waals surface area contributed by atoms with E-state index >= 15 is 0 Å². The van der Waals surface area contributed by atoms with Crippen LogP contribution in [0.2, 0.25) is 0 Å². The highest BCUT2D eigenvalue weighted by Gasteiger charge is 2.37. The molecule has 1 aliphatic rings. The quantitative estimate of drug-likeness (QED) is 0.357. The number of terminal acetylenes is 1. The second-order valence-electron chi connectivity index (χ2n) is 4.09. The monoisotopic (exact) mass is 252 g/mol. The summed E-state index contributed by atoms with van der Waals surface area (Å²) in [5, 5.41) is 9.19. The van der Waals surface area contributed by atoms with E-state index in [1.807, 2.05) is 30.3 Å². The Kier molecular flexibility index (Phi) is 3.54. The molecule has 1 aliphatic heterocycles. The summed E-state index contributed by atoms with van der Waals surface area (Å²) in [7, 11) is 1.69. The zero-order valence-corrected chi connectivity index (χ0v) is 10.5. The van der Waals surface area contributed by atoms with Crippen molar-refractivity contribution in [3.63, 3.8) is 0 Å². The second kappa shape index (κ2) is 5.29. The first kappa shape index (κ1) is 12.7. The average Bonchev–Trinajstić information content (AvgIpc) is 2.69. The van der Waals surface area contributed by atoms with Crippen LogP contribution in [0.3, 0.4) is 0 Å². The van der Waals surface area contributed by atoms with Gasteiger partial charge in [-0.05, 0) is 11.6 Å². The molecule has 4 nitrogen and oxygen atoms in total. The Morgan fingerprint density at radius 1 is 1.58 bits per heavy atom. The zero-order chi connectivity index (χ0) is 13.8. The molecule has 0 saturated carbocycles. The van der Waals surface area contributed by atoms with Crippen molar-refractivity contribution >= 4 is 11.6 Å². The number of ether oxygens (including phenoxy) is 1. The number of likely N-dealkylation sites (N-methyl/N-ethyl adjacent to an activating group) is 1. The number of hydrogen-bond donors (Lipinski definition) is 0. The molecule has 2 rings (SSSR count). The minimum absolute atomic E-state index is 0.0730. The van der Waals surface area contributed by atoms with Gasteiger partial charge in [0.2, 0.25) is 5.91 Å². The van der Waals surface area contributed by atoms with E-state index in [0.717, 1.165) is 11.3 Å². The van der Waals surface area contributed by atoms with Crippen LogP contribution in [0.5, 0.6) is 0 Å². The maximum atomic E-state index is 12.2. The van der Waals surface area contributed by atoms with Crippen LogP contribution in [0.15, 0.2) is 36.1 Å². The van der Waals surface area contributed by atoms with Crippen LogP contribution in [0.4, 0.5) is 5.69 Å². The molecule has 0 saturated heterocycles. The molecule has 0 aromatic heterocycles. The summed E-state index contributed by atoms with van der Waals surface area (Å²) in [5.41, 5.74) is 1.89. The molecule has 0 aliphatic carbocycles. The van der Waals surface area contributed by atoms with Gasteiger partial charge in [0.1, 0.15) is 12.5 Å². The lowest BCUT2D eigenvalue weighted by molar-refractivity contribution is -0.118. The molecule has 4 heteroatoms. The number of hydrogen-bond acceptors (Lipinski definition) is 3. The highest BCUT2D eigenvalue weighted by molar-refractivity contribution is 6.06. The van der Waals surface area contributed by atoms with Crippen LogP contribution in [-0.2, 0) is 9.53 Å². The van der Waals surface area contributed by atoms with Gasteiger partial charge >= 0.3 is 0 Å². The Labute approximate surface area is 111 Å². The van der Waals surface area contributed by atoms with Crippen LogP contribution >= 0.6 is 0 Å². The molecule has 1 heterocycles. The van der Waals surface area contributed by atoms with Gasteiger partial charge in [0.25, 0.3) is 0 Å². The Morgan fingerprint density at radius 2 is 2.32 bits per heavy atom. The SMILES string of the molecule is C#CCO/C=C(/C#N)C1C(=O)N(C)c2ccccc21. The lowest BCUT2D eigenvalue weighted by Crippen LogP contribution is -2.24. The smallest absolute Gasteiger partial charge is 0.239 e. The number of carbonyl (C=O) groups excluding carboxylic acids is 1. The summed E-state index contributed by atoms with van der Waals surface area (Å²) in [6, 6.07) is 9.41. The van der Waals surface area contributed by atoms with Crippen molar-refractivity contribution in [3.8, 4) is 18.4 Å². The number of anilines is 1.